The molecule has 0 bridgehead atoms. The topological polar surface area (TPSA) is 61.8 Å². The zero-order valence-electron chi connectivity index (χ0n) is 16.4. The summed E-state index contributed by atoms with van der Waals surface area (Å²) in [5.41, 5.74) is 1.52. The molecule has 28 heavy (non-hydrogen) atoms. The van der Waals surface area contributed by atoms with Gasteiger partial charge in [0.25, 0.3) is 0 Å². The molecule has 1 aliphatic heterocycles. The van der Waals surface area contributed by atoms with Gasteiger partial charge in [-0.1, -0.05) is 30.3 Å². The predicted molar refractivity (Wildman–Crippen MR) is 108 cm³/mol. The number of carbonyl (C=O) groups is 1. The Balaban J connectivity index is 1.34. The van der Waals surface area contributed by atoms with E-state index in [0.29, 0.717) is 38.4 Å². The van der Waals surface area contributed by atoms with Gasteiger partial charge in [0.1, 0.15) is 11.5 Å². The first kappa shape index (κ1) is 18.8. The fraction of sp³-hybridized carbons (Fsp3) is 0.435. The molecular weight excluding hydrogens is 352 g/mol. The molecule has 5 heteroatoms. The number of hydrogen-bond acceptors (Lipinski definition) is 3. The molecule has 2 amide bonds. The van der Waals surface area contributed by atoms with E-state index in [1.165, 1.54) is 0 Å². The largest absolute Gasteiger partial charge is 0.457 e. The first-order chi connectivity index (χ1) is 13.5. The van der Waals surface area contributed by atoms with Crippen LogP contribution in [-0.2, 0) is 6.54 Å². The number of aryl methyl sites for hydroxylation is 1. The maximum Gasteiger partial charge on any atom is 0.317 e. The number of benzene rings is 2. The summed E-state index contributed by atoms with van der Waals surface area (Å²) in [6.07, 6.45) is 3.61. The number of rotatable bonds is 5. The van der Waals surface area contributed by atoms with E-state index in [0.717, 1.165) is 35.5 Å². The number of piperidine rings is 1. The van der Waals surface area contributed by atoms with Crippen LogP contribution in [0.25, 0.3) is 0 Å². The smallest absolute Gasteiger partial charge is 0.317 e. The Morgan fingerprint density at radius 3 is 2.64 bits per heavy atom. The number of nitrogens with zero attached hydrogens (tertiary/aromatic N) is 1. The van der Waals surface area contributed by atoms with Crippen molar-refractivity contribution in [2.45, 2.75) is 44.8 Å². The van der Waals surface area contributed by atoms with Gasteiger partial charge in [0, 0.05) is 25.2 Å². The van der Waals surface area contributed by atoms with Crippen molar-refractivity contribution < 1.29 is 14.6 Å². The first-order valence-corrected chi connectivity index (χ1v) is 10.1. The standard InChI is InChI=1S/C23H28N2O3/c1-17-5-4-7-20(15-17)28-21-8-3-2-6-18(21)16-24-22(26)25-13-11-23(27,12-14-25)19-9-10-19/h2-8,15,19,27H,9-14,16H2,1H3,(H,24,26). The van der Waals surface area contributed by atoms with Crippen molar-refractivity contribution in [1.29, 1.82) is 0 Å². The van der Waals surface area contributed by atoms with Crippen LogP contribution in [0.3, 0.4) is 0 Å². The number of carbonyl (C=O) groups excluding carboxylic acids is 1. The van der Waals surface area contributed by atoms with E-state index >= 15 is 0 Å². The fourth-order valence-electron chi connectivity index (χ4n) is 3.96. The minimum Gasteiger partial charge on any atom is -0.457 e. The van der Waals surface area contributed by atoms with E-state index in [4.69, 9.17) is 4.74 Å². The summed E-state index contributed by atoms with van der Waals surface area (Å²) in [7, 11) is 0. The zero-order chi connectivity index (χ0) is 19.6. The second-order valence-electron chi connectivity index (χ2n) is 8.05. The van der Waals surface area contributed by atoms with E-state index in [1.807, 2.05) is 55.5 Å². The molecule has 1 saturated carbocycles. The number of para-hydroxylation sites is 1. The molecular formula is C23H28N2O3. The Hall–Kier alpha value is -2.53. The highest BCUT2D eigenvalue weighted by molar-refractivity contribution is 5.74. The van der Waals surface area contributed by atoms with Crippen LogP contribution in [0.5, 0.6) is 11.5 Å². The molecule has 2 aliphatic rings. The molecule has 0 spiro atoms. The van der Waals surface area contributed by atoms with Crippen LogP contribution in [-0.4, -0.2) is 34.7 Å². The monoisotopic (exact) mass is 380 g/mol. The van der Waals surface area contributed by atoms with Crippen molar-refractivity contribution in [1.82, 2.24) is 10.2 Å². The average Bonchev–Trinajstić information content (AvgIpc) is 3.54. The summed E-state index contributed by atoms with van der Waals surface area (Å²) in [6, 6.07) is 15.6. The molecule has 148 valence electrons. The summed E-state index contributed by atoms with van der Waals surface area (Å²) >= 11 is 0. The van der Waals surface area contributed by atoms with Crippen LogP contribution in [0, 0.1) is 12.8 Å². The lowest BCUT2D eigenvalue weighted by Gasteiger charge is -2.38. The second-order valence-corrected chi connectivity index (χ2v) is 8.05. The summed E-state index contributed by atoms with van der Waals surface area (Å²) in [5, 5.41) is 13.6. The quantitative estimate of drug-likeness (QED) is 0.816. The van der Waals surface area contributed by atoms with Crippen LogP contribution >= 0.6 is 0 Å². The minimum absolute atomic E-state index is 0.0804. The van der Waals surface area contributed by atoms with Gasteiger partial charge in [0.15, 0.2) is 0 Å². The molecule has 1 aliphatic carbocycles. The maximum atomic E-state index is 12.6. The van der Waals surface area contributed by atoms with Crippen molar-refractivity contribution in [2.24, 2.45) is 5.92 Å². The number of urea groups is 1. The number of hydrogen-bond donors (Lipinski definition) is 2. The maximum absolute atomic E-state index is 12.6. The van der Waals surface area contributed by atoms with E-state index < -0.39 is 5.60 Å². The van der Waals surface area contributed by atoms with Crippen LogP contribution < -0.4 is 10.1 Å². The van der Waals surface area contributed by atoms with Gasteiger partial charge < -0.3 is 20.1 Å². The van der Waals surface area contributed by atoms with Crippen molar-refractivity contribution in [3.05, 3.63) is 59.7 Å². The third kappa shape index (κ3) is 4.30. The van der Waals surface area contributed by atoms with E-state index in [9.17, 15) is 9.90 Å². The van der Waals surface area contributed by atoms with E-state index in [2.05, 4.69) is 5.32 Å². The van der Waals surface area contributed by atoms with Gasteiger partial charge in [0.05, 0.1) is 5.60 Å². The molecule has 2 aromatic rings. The van der Waals surface area contributed by atoms with Gasteiger partial charge in [-0.2, -0.15) is 0 Å². The normalized spacial score (nSPS) is 18.6. The molecule has 0 radical (unpaired) electrons. The molecule has 1 heterocycles. The predicted octanol–water partition coefficient (Wildman–Crippen LogP) is 4.23. The van der Waals surface area contributed by atoms with Crippen molar-refractivity contribution >= 4 is 6.03 Å². The molecule has 4 rings (SSSR count). The third-order valence-corrected chi connectivity index (χ3v) is 5.87. The molecule has 0 unspecified atom stereocenters. The van der Waals surface area contributed by atoms with Gasteiger partial charge >= 0.3 is 6.03 Å². The minimum atomic E-state index is -0.551. The van der Waals surface area contributed by atoms with Crippen molar-refractivity contribution in [3.8, 4) is 11.5 Å². The third-order valence-electron chi connectivity index (χ3n) is 5.87. The van der Waals surface area contributed by atoms with Gasteiger partial charge in [-0.15, -0.1) is 0 Å². The summed E-state index contributed by atoms with van der Waals surface area (Å²) in [6.45, 7) is 3.66. The number of nitrogens with one attached hydrogen (secondary N) is 1. The van der Waals surface area contributed by atoms with Gasteiger partial charge in [0.2, 0.25) is 0 Å². The highest BCUT2D eigenvalue weighted by Crippen LogP contribution is 2.45. The Bertz CT molecular complexity index is 839. The number of ether oxygens (including phenoxy) is 1. The van der Waals surface area contributed by atoms with Gasteiger partial charge in [-0.3, -0.25) is 0 Å². The molecule has 1 saturated heterocycles. The zero-order valence-corrected chi connectivity index (χ0v) is 16.4. The summed E-state index contributed by atoms with van der Waals surface area (Å²) in [4.78, 5) is 14.4. The molecule has 0 aromatic heterocycles. The Morgan fingerprint density at radius 1 is 1.18 bits per heavy atom. The van der Waals surface area contributed by atoms with Crippen LogP contribution in [0.1, 0.15) is 36.8 Å². The SMILES string of the molecule is Cc1cccc(Oc2ccccc2CNC(=O)N2CCC(O)(C3CC3)CC2)c1. The molecule has 2 fully saturated rings. The average molecular weight is 380 g/mol. The van der Waals surface area contributed by atoms with E-state index in [1.54, 1.807) is 4.90 Å². The second kappa shape index (κ2) is 7.84. The highest BCUT2D eigenvalue weighted by Gasteiger charge is 2.45. The first-order valence-electron chi connectivity index (χ1n) is 10.1. The Kier molecular flexibility index (Phi) is 5.27. The molecule has 2 aromatic carbocycles. The highest BCUT2D eigenvalue weighted by atomic mass is 16.5. The lowest BCUT2D eigenvalue weighted by molar-refractivity contribution is -0.0307. The number of aliphatic hydroxyl groups is 1. The van der Waals surface area contributed by atoms with Crippen LogP contribution in [0.4, 0.5) is 4.79 Å². The summed E-state index contributed by atoms with van der Waals surface area (Å²) < 4.78 is 6.03. The van der Waals surface area contributed by atoms with E-state index in [-0.39, 0.29) is 6.03 Å². The van der Waals surface area contributed by atoms with Crippen LogP contribution in [0.15, 0.2) is 48.5 Å². The van der Waals surface area contributed by atoms with Gasteiger partial charge in [-0.05, 0) is 62.3 Å². The van der Waals surface area contributed by atoms with Crippen molar-refractivity contribution in [2.75, 3.05) is 13.1 Å². The Labute approximate surface area is 166 Å². The lowest BCUT2D eigenvalue weighted by Crippen LogP contribution is -2.50. The lowest BCUT2D eigenvalue weighted by atomic mass is 9.87. The summed E-state index contributed by atoms with van der Waals surface area (Å²) in [5.74, 6) is 1.98. The fourth-order valence-corrected chi connectivity index (χ4v) is 3.96. The number of amides is 2. The Morgan fingerprint density at radius 2 is 1.93 bits per heavy atom. The van der Waals surface area contributed by atoms with Crippen LogP contribution in [0.2, 0.25) is 0 Å². The van der Waals surface area contributed by atoms with Crippen molar-refractivity contribution in [3.63, 3.8) is 0 Å². The van der Waals surface area contributed by atoms with Gasteiger partial charge in [-0.25, -0.2) is 4.79 Å². The molecule has 0 atom stereocenters. The number of likely N-dealkylation sites (tertiary alicyclic amines) is 1. The molecule has 5 nitrogen and oxygen atoms in total. The molecule has 2 N–H and O–H groups in total.